The number of carboxylic acids is 1. The van der Waals surface area contributed by atoms with Gasteiger partial charge in [0.05, 0.1) is 0 Å². The summed E-state index contributed by atoms with van der Waals surface area (Å²) in [5, 5.41) is 13.5. The Morgan fingerprint density at radius 3 is 2.18 bits per heavy atom. The van der Waals surface area contributed by atoms with E-state index in [4.69, 9.17) is 22.6 Å². The molecular weight excluding hydrogens is 154 g/mol. The van der Waals surface area contributed by atoms with E-state index < -0.39 is 11.8 Å². The zero-order valence-electron chi connectivity index (χ0n) is 5.38. The molecule has 0 bridgehead atoms. The molecule has 1 aliphatic heterocycles. The number of hydrazine groups is 5. The van der Waals surface area contributed by atoms with Gasteiger partial charge in [-0.25, -0.2) is 22.3 Å². The van der Waals surface area contributed by atoms with Crippen molar-refractivity contribution in [3.05, 3.63) is 0 Å². The van der Waals surface area contributed by atoms with Crippen molar-refractivity contribution in [1.82, 2.24) is 15.6 Å². The van der Waals surface area contributed by atoms with Crippen molar-refractivity contribution in [1.29, 1.82) is 0 Å². The van der Waals surface area contributed by atoms with Gasteiger partial charge in [0, 0.05) is 0 Å². The molecule has 62 valence electrons. The second-order valence-corrected chi connectivity index (χ2v) is 1.71. The molecule has 7 N–H and O–H groups in total. The maximum absolute atomic E-state index is 10.3. The van der Waals surface area contributed by atoms with Crippen molar-refractivity contribution in [2.45, 2.75) is 0 Å². The summed E-state index contributed by atoms with van der Waals surface area (Å²) in [4.78, 5) is 10.3. The zero-order chi connectivity index (χ0) is 8.59. The number of nitrogens with two attached hydrogens (primary N) is 3. The van der Waals surface area contributed by atoms with Crippen LogP contribution in [-0.2, 0) is 4.79 Å². The molecule has 9 nitrogen and oxygen atoms in total. The fourth-order valence-corrected chi connectivity index (χ4v) is 0.525. The monoisotopic (exact) mass is 161 g/mol. The lowest BCUT2D eigenvalue weighted by Crippen LogP contribution is -2.58. The van der Waals surface area contributed by atoms with Crippen LogP contribution in [0.4, 0.5) is 0 Å². The summed E-state index contributed by atoms with van der Waals surface area (Å²) in [7, 11) is 0. The maximum atomic E-state index is 10.3. The Labute approximate surface area is 61.1 Å². The first-order valence-electron chi connectivity index (χ1n) is 2.50. The van der Waals surface area contributed by atoms with Crippen LogP contribution in [0.3, 0.4) is 0 Å². The highest BCUT2D eigenvalue weighted by Crippen LogP contribution is 2.00. The predicted molar refractivity (Wildman–Crippen MR) is 33.1 cm³/mol. The molecule has 1 heterocycles. The number of carboxylic acid groups (broad SMARTS) is 1. The number of hydrogen-bond acceptors (Lipinski definition) is 8. The van der Waals surface area contributed by atoms with E-state index in [0.29, 0.717) is 15.6 Å². The number of aliphatic carboxylic acids is 1. The second kappa shape index (κ2) is 2.32. The lowest BCUT2D eigenvalue weighted by atomic mass is 10.6. The van der Waals surface area contributed by atoms with Crippen LogP contribution >= 0.6 is 0 Å². The molecule has 0 unspecified atom stereocenters. The van der Waals surface area contributed by atoms with E-state index in [1.807, 2.05) is 0 Å². The van der Waals surface area contributed by atoms with Gasteiger partial charge >= 0.3 is 5.97 Å². The molecule has 1 rings (SSSR count). The summed E-state index contributed by atoms with van der Waals surface area (Å²) in [5.74, 6) is 13.5. The van der Waals surface area contributed by atoms with Gasteiger partial charge in [0.1, 0.15) is 0 Å². The molecule has 0 aromatic carbocycles. The minimum Gasteiger partial charge on any atom is -0.475 e. The first kappa shape index (κ1) is 7.68. The molecule has 9 heteroatoms. The third-order valence-corrected chi connectivity index (χ3v) is 1.04. The van der Waals surface area contributed by atoms with Crippen LogP contribution in [-0.4, -0.2) is 32.5 Å². The Bertz CT molecular complexity index is 212. The first-order valence-corrected chi connectivity index (χ1v) is 2.50. The molecule has 0 saturated heterocycles. The summed E-state index contributed by atoms with van der Waals surface area (Å²) in [6.07, 6.45) is 0. The van der Waals surface area contributed by atoms with Crippen LogP contribution in [0.15, 0.2) is 5.10 Å². The lowest BCUT2D eigenvalue weighted by molar-refractivity contribution is -0.139. The predicted octanol–water partition coefficient (Wildman–Crippen LogP) is -3.24. The smallest absolute Gasteiger partial charge is 0.376 e. The van der Waals surface area contributed by atoms with Crippen LogP contribution in [0.25, 0.3) is 0 Å². The van der Waals surface area contributed by atoms with Crippen LogP contribution < -0.4 is 17.5 Å². The van der Waals surface area contributed by atoms with Crippen molar-refractivity contribution in [3.63, 3.8) is 0 Å². The molecule has 0 fully saturated rings. The lowest BCUT2D eigenvalue weighted by Gasteiger charge is -2.21. The van der Waals surface area contributed by atoms with E-state index in [1.165, 1.54) is 0 Å². The number of amidine groups is 1. The highest BCUT2D eigenvalue weighted by molar-refractivity contribution is 6.34. The number of rotatable bonds is 1. The van der Waals surface area contributed by atoms with Crippen LogP contribution in [0.2, 0.25) is 0 Å². The minimum atomic E-state index is -1.31. The van der Waals surface area contributed by atoms with Crippen molar-refractivity contribution in [2.75, 3.05) is 0 Å². The van der Waals surface area contributed by atoms with E-state index >= 15 is 0 Å². The van der Waals surface area contributed by atoms with Gasteiger partial charge < -0.3 is 5.11 Å². The zero-order valence-corrected chi connectivity index (χ0v) is 5.38. The molecule has 11 heavy (non-hydrogen) atoms. The van der Waals surface area contributed by atoms with Crippen molar-refractivity contribution in [2.24, 2.45) is 22.6 Å². The number of carbonyl (C=O) groups is 1. The van der Waals surface area contributed by atoms with Gasteiger partial charge in [-0.3, -0.25) is 0 Å². The van der Waals surface area contributed by atoms with E-state index in [2.05, 4.69) is 5.10 Å². The fourth-order valence-electron chi connectivity index (χ4n) is 0.525. The van der Waals surface area contributed by atoms with Crippen molar-refractivity contribution in [3.8, 4) is 0 Å². The number of hydrogen-bond donors (Lipinski definition) is 4. The van der Waals surface area contributed by atoms with Gasteiger partial charge in [-0.15, -0.1) is 10.3 Å². The summed E-state index contributed by atoms with van der Waals surface area (Å²) >= 11 is 0. The first-order chi connectivity index (χ1) is 5.04. The van der Waals surface area contributed by atoms with Gasteiger partial charge in [0.25, 0.3) is 5.84 Å². The van der Waals surface area contributed by atoms with Gasteiger partial charge in [-0.2, -0.15) is 5.12 Å². The molecule has 0 saturated carbocycles. The molecule has 0 atom stereocenters. The average molecular weight is 161 g/mol. The topological polar surface area (TPSA) is 137 Å². The molecule has 0 aliphatic carbocycles. The Balaban J connectivity index is 2.83. The average Bonchev–Trinajstić information content (AvgIpc) is 2.17. The molecule has 1 aliphatic rings. The van der Waals surface area contributed by atoms with Crippen molar-refractivity contribution < 1.29 is 9.90 Å². The largest absolute Gasteiger partial charge is 0.475 e. The minimum absolute atomic E-state index is 0.449. The van der Waals surface area contributed by atoms with E-state index in [1.54, 1.807) is 0 Å². The van der Waals surface area contributed by atoms with Gasteiger partial charge in [0.15, 0.2) is 0 Å². The maximum Gasteiger partial charge on any atom is 0.376 e. The normalized spacial score (nSPS) is 19.0. The fraction of sp³-hybridized carbons (Fsp3) is 0. The second-order valence-electron chi connectivity index (χ2n) is 1.71. The van der Waals surface area contributed by atoms with Crippen LogP contribution in [0.5, 0.6) is 0 Å². The molecule has 0 amide bonds. The Morgan fingerprint density at radius 2 is 2.00 bits per heavy atom. The molecular formula is C2H7N7O2. The standard InChI is InChI=1S/C2H7N7O2/c3-7-1(2(10)11)6-8(4)9(7)5/h3-5H2,(H,10,11). The molecule has 0 radical (unpaired) electrons. The Hall–Kier alpha value is -1.42. The quantitative estimate of drug-likeness (QED) is 0.294. The summed E-state index contributed by atoms with van der Waals surface area (Å²) in [5.41, 5.74) is 0. The highest BCUT2D eigenvalue weighted by atomic mass is 16.4. The third kappa shape index (κ3) is 1.08. The summed E-state index contributed by atoms with van der Waals surface area (Å²) < 4.78 is 0. The summed E-state index contributed by atoms with van der Waals surface area (Å²) in [6.45, 7) is 0. The van der Waals surface area contributed by atoms with E-state index in [9.17, 15) is 4.79 Å². The molecule has 0 aromatic heterocycles. The van der Waals surface area contributed by atoms with Crippen LogP contribution in [0.1, 0.15) is 0 Å². The third-order valence-electron chi connectivity index (χ3n) is 1.04. The van der Waals surface area contributed by atoms with Gasteiger partial charge in [0.2, 0.25) is 0 Å². The molecule has 0 spiro atoms. The molecule has 0 aromatic rings. The SMILES string of the molecule is NN1N=C(C(=O)O)N(N)N1N. The highest BCUT2D eigenvalue weighted by Gasteiger charge is 2.30. The summed E-state index contributed by atoms with van der Waals surface area (Å²) in [6, 6.07) is 0. The number of nitrogens with zero attached hydrogens (tertiary/aromatic N) is 4. The Morgan fingerprint density at radius 1 is 1.45 bits per heavy atom. The Kier molecular flexibility index (Phi) is 1.62. The van der Waals surface area contributed by atoms with Gasteiger partial charge in [-0.05, 0) is 5.23 Å². The van der Waals surface area contributed by atoms with Crippen LogP contribution in [0, 0.1) is 0 Å². The number of hydrazone groups is 1. The van der Waals surface area contributed by atoms with Crippen molar-refractivity contribution >= 4 is 11.8 Å². The van der Waals surface area contributed by atoms with Gasteiger partial charge in [-0.1, -0.05) is 0 Å². The van der Waals surface area contributed by atoms with E-state index in [0.717, 1.165) is 0 Å². The van der Waals surface area contributed by atoms with E-state index in [-0.39, 0.29) is 0 Å².